The van der Waals surface area contributed by atoms with Gasteiger partial charge < -0.3 is 14.8 Å². The molecule has 0 amide bonds. The first-order chi connectivity index (χ1) is 9.70. The molecule has 0 aliphatic carbocycles. The van der Waals surface area contributed by atoms with E-state index < -0.39 is 0 Å². The largest absolute Gasteiger partial charge is 0.491 e. The lowest BCUT2D eigenvalue weighted by Gasteiger charge is -2.23. The molecule has 0 bridgehead atoms. The molecule has 0 saturated carbocycles. The van der Waals surface area contributed by atoms with Crippen LogP contribution in [0.25, 0.3) is 0 Å². The van der Waals surface area contributed by atoms with Crippen molar-refractivity contribution in [1.82, 2.24) is 5.32 Å². The third-order valence-electron chi connectivity index (χ3n) is 3.45. The number of hydrogen-bond acceptors (Lipinski definition) is 3. The van der Waals surface area contributed by atoms with Crippen molar-refractivity contribution in [2.75, 3.05) is 26.4 Å². The van der Waals surface area contributed by atoms with Gasteiger partial charge in [0.15, 0.2) is 0 Å². The Labute approximate surface area is 130 Å². The summed E-state index contributed by atoms with van der Waals surface area (Å²) in [6.45, 7) is 6.00. The first kappa shape index (κ1) is 15.9. The molecule has 1 saturated heterocycles. The lowest BCUT2D eigenvalue weighted by atomic mass is 10.0. The molecule has 0 aromatic heterocycles. The Balaban J connectivity index is 2.04. The van der Waals surface area contributed by atoms with E-state index in [0.29, 0.717) is 29.1 Å². The molecule has 1 aliphatic heterocycles. The van der Waals surface area contributed by atoms with Crippen LogP contribution in [-0.2, 0) is 11.3 Å². The minimum absolute atomic E-state index is 0.544. The highest BCUT2D eigenvalue weighted by molar-refractivity contribution is 6.35. The Morgan fingerprint density at radius 1 is 1.30 bits per heavy atom. The number of halogens is 2. The van der Waals surface area contributed by atoms with E-state index in [1.807, 2.05) is 6.07 Å². The molecule has 20 heavy (non-hydrogen) atoms. The van der Waals surface area contributed by atoms with Gasteiger partial charge in [0.1, 0.15) is 5.75 Å². The van der Waals surface area contributed by atoms with Gasteiger partial charge in [0.2, 0.25) is 0 Å². The van der Waals surface area contributed by atoms with Crippen LogP contribution in [-0.4, -0.2) is 26.4 Å². The van der Waals surface area contributed by atoms with E-state index in [9.17, 15) is 0 Å². The first-order valence-corrected chi connectivity index (χ1v) is 7.85. The van der Waals surface area contributed by atoms with E-state index in [2.05, 4.69) is 12.2 Å². The quantitative estimate of drug-likeness (QED) is 0.863. The Morgan fingerprint density at radius 3 is 2.75 bits per heavy atom. The Kier molecular flexibility index (Phi) is 6.43. The maximum absolute atomic E-state index is 6.27. The molecule has 0 spiro atoms. The van der Waals surface area contributed by atoms with Crippen LogP contribution < -0.4 is 10.1 Å². The van der Waals surface area contributed by atoms with Gasteiger partial charge >= 0.3 is 0 Å². The second-order valence-electron chi connectivity index (χ2n) is 5.02. The molecule has 5 heteroatoms. The summed E-state index contributed by atoms with van der Waals surface area (Å²) in [6, 6.07) is 3.65. The van der Waals surface area contributed by atoms with Crippen molar-refractivity contribution in [2.24, 2.45) is 5.92 Å². The highest BCUT2D eigenvalue weighted by Gasteiger charge is 2.17. The van der Waals surface area contributed by atoms with E-state index in [0.717, 1.165) is 43.9 Å². The molecule has 3 nitrogen and oxygen atoms in total. The Bertz CT molecular complexity index is 434. The molecule has 112 valence electrons. The summed E-state index contributed by atoms with van der Waals surface area (Å²) in [5, 5.41) is 4.50. The van der Waals surface area contributed by atoms with Crippen LogP contribution in [0.15, 0.2) is 12.1 Å². The molecule has 1 N–H and O–H groups in total. The summed E-state index contributed by atoms with van der Waals surface area (Å²) < 4.78 is 11.3. The average Bonchev–Trinajstić information content (AvgIpc) is 2.45. The van der Waals surface area contributed by atoms with Crippen LogP contribution >= 0.6 is 23.2 Å². The molecule has 1 heterocycles. The molecule has 1 aromatic carbocycles. The zero-order valence-corrected chi connectivity index (χ0v) is 13.3. The van der Waals surface area contributed by atoms with Gasteiger partial charge in [-0.05, 0) is 37.4 Å². The zero-order valence-electron chi connectivity index (χ0n) is 11.8. The van der Waals surface area contributed by atoms with Crippen LogP contribution in [0.5, 0.6) is 5.75 Å². The molecule has 2 rings (SSSR count). The summed E-state index contributed by atoms with van der Waals surface area (Å²) in [6.07, 6.45) is 2.10. The van der Waals surface area contributed by atoms with Crippen molar-refractivity contribution in [3.8, 4) is 5.75 Å². The lowest BCUT2D eigenvalue weighted by molar-refractivity contribution is 0.0496. The van der Waals surface area contributed by atoms with Gasteiger partial charge in [-0.2, -0.15) is 0 Å². The SMILES string of the molecule is CCNCc1cc(Cl)cc(Cl)c1OCC1CCOCC1. The molecule has 0 unspecified atom stereocenters. The monoisotopic (exact) mass is 317 g/mol. The average molecular weight is 318 g/mol. The number of hydrogen-bond donors (Lipinski definition) is 1. The third-order valence-corrected chi connectivity index (χ3v) is 3.95. The first-order valence-electron chi connectivity index (χ1n) is 7.10. The van der Waals surface area contributed by atoms with Crippen LogP contribution in [0.3, 0.4) is 0 Å². The van der Waals surface area contributed by atoms with Gasteiger partial charge in [-0.15, -0.1) is 0 Å². The van der Waals surface area contributed by atoms with E-state index in [4.69, 9.17) is 32.7 Å². The summed E-state index contributed by atoms with van der Waals surface area (Å²) in [7, 11) is 0. The molecule has 0 atom stereocenters. The highest BCUT2D eigenvalue weighted by atomic mass is 35.5. The topological polar surface area (TPSA) is 30.5 Å². The smallest absolute Gasteiger partial charge is 0.142 e. The minimum atomic E-state index is 0.544. The van der Waals surface area contributed by atoms with Crippen molar-refractivity contribution in [3.63, 3.8) is 0 Å². The second-order valence-corrected chi connectivity index (χ2v) is 5.87. The van der Waals surface area contributed by atoms with Crippen LogP contribution in [0.1, 0.15) is 25.3 Å². The summed E-state index contributed by atoms with van der Waals surface area (Å²) in [5.41, 5.74) is 1.01. The molecule has 0 radical (unpaired) electrons. The maximum Gasteiger partial charge on any atom is 0.142 e. The van der Waals surface area contributed by atoms with Gasteiger partial charge in [-0.3, -0.25) is 0 Å². The minimum Gasteiger partial charge on any atom is -0.491 e. The summed E-state index contributed by atoms with van der Waals surface area (Å²) in [4.78, 5) is 0. The third kappa shape index (κ3) is 4.52. The Morgan fingerprint density at radius 2 is 2.05 bits per heavy atom. The molecular formula is C15H21Cl2NO2. The van der Waals surface area contributed by atoms with E-state index in [1.54, 1.807) is 6.07 Å². The van der Waals surface area contributed by atoms with Crippen LogP contribution in [0.4, 0.5) is 0 Å². The molecular weight excluding hydrogens is 297 g/mol. The fourth-order valence-corrected chi connectivity index (χ4v) is 2.87. The van der Waals surface area contributed by atoms with Gasteiger partial charge in [0.25, 0.3) is 0 Å². The maximum atomic E-state index is 6.27. The summed E-state index contributed by atoms with van der Waals surface area (Å²) in [5.74, 6) is 1.30. The number of benzene rings is 1. The van der Waals surface area contributed by atoms with E-state index >= 15 is 0 Å². The van der Waals surface area contributed by atoms with Crippen molar-refractivity contribution < 1.29 is 9.47 Å². The van der Waals surface area contributed by atoms with E-state index in [-0.39, 0.29) is 0 Å². The number of rotatable bonds is 6. The van der Waals surface area contributed by atoms with Crippen molar-refractivity contribution >= 4 is 23.2 Å². The molecule has 1 fully saturated rings. The predicted octanol–water partition coefficient (Wildman–Crippen LogP) is 3.91. The normalized spacial score (nSPS) is 16.4. The van der Waals surface area contributed by atoms with Crippen LogP contribution in [0, 0.1) is 5.92 Å². The fourth-order valence-electron chi connectivity index (χ4n) is 2.28. The second kappa shape index (κ2) is 8.08. The predicted molar refractivity (Wildman–Crippen MR) is 82.9 cm³/mol. The van der Waals surface area contributed by atoms with Crippen LogP contribution in [0.2, 0.25) is 10.0 Å². The van der Waals surface area contributed by atoms with Crippen molar-refractivity contribution in [2.45, 2.75) is 26.3 Å². The zero-order chi connectivity index (χ0) is 14.4. The van der Waals surface area contributed by atoms with Gasteiger partial charge in [0.05, 0.1) is 11.6 Å². The standard InChI is InChI=1S/C15H21Cl2NO2/c1-2-18-9-12-7-13(16)8-14(17)15(12)20-10-11-3-5-19-6-4-11/h7-8,11,18H,2-6,9-10H2,1H3. The van der Waals surface area contributed by atoms with Crippen molar-refractivity contribution in [1.29, 1.82) is 0 Å². The molecule has 1 aliphatic rings. The number of nitrogens with one attached hydrogen (secondary N) is 1. The lowest BCUT2D eigenvalue weighted by Crippen LogP contribution is -2.22. The van der Waals surface area contributed by atoms with Gasteiger partial charge in [0, 0.05) is 30.3 Å². The molecule has 1 aromatic rings. The highest BCUT2D eigenvalue weighted by Crippen LogP contribution is 2.33. The number of ether oxygens (including phenoxy) is 2. The van der Waals surface area contributed by atoms with Crippen molar-refractivity contribution in [3.05, 3.63) is 27.7 Å². The Hall–Kier alpha value is -0.480. The van der Waals surface area contributed by atoms with Gasteiger partial charge in [-0.25, -0.2) is 0 Å². The van der Waals surface area contributed by atoms with E-state index in [1.165, 1.54) is 0 Å². The van der Waals surface area contributed by atoms with Gasteiger partial charge in [-0.1, -0.05) is 30.1 Å². The summed E-state index contributed by atoms with van der Waals surface area (Å²) >= 11 is 12.3. The fraction of sp³-hybridized carbons (Fsp3) is 0.600.